The molecule has 0 aliphatic carbocycles. The minimum atomic E-state index is 0.378. The summed E-state index contributed by atoms with van der Waals surface area (Å²) in [7, 11) is 3.56. The number of aliphatic imine (C=N–C) groups is 1. The first-order valence-corrected chi connectivity index (χ1v) is 9.97. The molecule has 1 aliphatic rings. The Morgan fingerprint density at radius 2 is 2.19 bits per heavy atom. The van der Waals surface area contributed by atoms with E-state index in [2.05, 4.69) is 57.1 Å². The molecule has 0 saturated carbocycles. The maximum absolute atomic E-state index is 5.50. The third-order valence-corrected chi connectivity index (χ3v) is 5.89. The van der Waals surface area contributed by atoms with Gasteiger partial charge in [0.1, 0.15) is 5.75 Å². The van der Waals surface area contributed by atoms with E-state index in [0.29, 0.717) is 12.0 Å². The zero-order chi connectivity index (χ0) is 18.4. The van der Waals surface area contributed by atoms with Crippen molar-refractivity contribution in [1.82, 2.24) is 10.6 Å². The van der Waals surface area contributed by atoms with Gasteiger partial charge in [0.2, 0.25) is 0 Å². The maximum atomic E-state index is 5.50. The number of para-hydroxylation sites is 2. The van der Waals surface area contributed by atoms with E-state index in [1.807, 2.05) is 19.2 Å². The fraction of sp³-hybridized carbons (Fsp3) is 0.450. The Hall–Kier alpha value is -2.21. The molecular formula is C20H28N4OS. The van der Waals surface area contributed by atoms with E-state index in [1.54, 1.807) is 18.4 Å². The van der Waals surface area contributed by atoms with Crippen LogP contribution in [0.3, 0.4) is 0 Å². The standard InChI is InChI=1S/C20H28N4OS/c1-15(19-9-6-12-26-19)13-22-20(21-2)23-16-10-11-24(14-16)17-7-4-5-8-18(17)25-3/h4-9,12,15-16H,10-11,13-14H2,1-3H3,(H2,21,22,23). The van der Waals surface area contributed by atoms with Gasteiger partial charge in [-0.05, 0) is 30.0 Å². The second-order valence-electron chi connectivity index (χ2n) is 6.62. The molecule has 6 heteroatoms. The highest BCUT2D eigenvalue weighted by Gasteiger charge is 2.25. The molecule has 1 aromatic heterocycles. The summed E-state index contributed by atoms with van der Waals surface area (Å²) in [6, 6.07) is 12.9. The third kappa shape index (κ3) is 4.49. The molecule has 2 aromatic rings. The fourth-order valence-corrected chi connectivity index (χ4v) is 4.08. The van der Waals surface area contributed by atoms with Crippen LogP contribution in [0.4, 0.5) is 5.69 Å². The van der Waals surface area contributed by atoms with Crippen LogP contribution in [0.25, 0.3) is 0 Å². The molecule has 2 atom stereocenters. The summed E-state index contributed by atoms with van der Waals surface area (Å²) in [6.07, 6.45) is 1.08. The first-order valence-electron chi connectivity index (χ1n) is 9.09. The molecule has 0 spiro atoms. The van der Waals surface area contributed by atoms with Gasteiger partial charge < -0.3 is 20.3 Å². The Morgan fingerprint density at radius 1 is 1.35 bits per heavy atom. The topological polar surface area (TPSA) is 48.9 Å². The van der Waals surface area contributed by atoms with E-state index in [-0.39, 0.29) is 0 Å². The van der Waals surface area contributed by atoms with Gasteiger partial charge in [-0.1, -0.05) is 25.1 Å². The summed E-state index contributed by atoms with van der Waals surface area (Å²) in [6.45, 7) is 5.08. The second kappa shape index (κ2) is 8.94. The van der Waals surface area contributed by atoms with E-state index in [4.69, 9.17) is 4.74 Å². The number of methoxy groups -OCH3 is 1. The van der Waals surface area contributed by atoms with Crippen LogP contribution in [0.15, 0.2) is 46.8 Å². The Kier molecular flexibility index (Phi) is 6.39. The molecule has 0 bridgehead atoms. The molecule has 1 aliphatic heterocycles. The number of nitrogens with one attached hydrogen (secondary N) is 2. The monoisotopic (exact) mass is 372 g/mol. The van der Waals surface area contributed by atoms with Gasteiger partial charge in [-0.25, -0.2) is 0 Å². The van der Waals surface area contributed by atoms with Gasteiger partial charge in [-0.3, -0.25) is 4.99 Å². The zero-order valence-corrected chi connectivity index (χ0v) is 16.6. The van der Waals surface area contributed by atoms with Crippen LogP contribution >= 0.6 is 11.3 Å². The smallest absolute Gasteiger partial charge is 0.191 e. The number of thiophene rings is 1. The van der Waals surface area contributed by atoms with Crippen LogP contribution in [0, 0.1) is 0 Å². The Labute approximate surface area is 160 Å². The highest BCUT2D eigenvalue weighted by Crippen LogP contribution is 2.30. The van der Waals surface area contributed by atoms with Crippen molar-refractivity contribution in [3.63, 3.8) is 0 Å². The molecule has 2 N–H and O–H groups in total. The van der Waals surface area contributed by atoms with Crippen LogP contribution in [-0.2, 0) is 0 Å². The number of guanidine groups is 1. The molecule has 140 valence electrons. The van der Waals surface area contributed by atoms with Crippen molar-refractivity contribution in [3.8, 4) is 5.75 Å². The lowest BCUT2D eigenvalue weighted by Gasteiger charge is -2.22. The number of rotatable bonds is 6. The van der Waals surface area contributed by atoms with Gasteiger partial charge >= 0.3 is 0 Å². The van der Waals surface area contributed by atoms with Gasteiger partial charge in [0, 0.05) is 43.5 Å². The lowest BCUT2D eigenvalue weighted by Crippen LogP contribution is -2.45. The van der Waals surface area contributed by atoms with Gasteiger partial charge in [0.25, 0.3) is 0 Å². The van der Waals surface area contributed by atoms with Crippen LogP contribution in [0.1, 0.15) is 24.1 Å². The largest absolute Gasteiger partial charge is 0.495 e. The molecule has 2 heterocycles. The molecule has 26 heavy (non-hydrogen) atoms. The molecule has 0 radical (unpaired) electrons. The minimum absolute atomic E-state index is 0.378. The summed E-state index contributed by atoms with van der Waals surface area (Å²) in [5.74, 6) is 2.28. The number of ether oxygens (including phenoxy) is 1. The fourth-order valence-electron chi connectivity index (χ4n) is 3.30. The van der Waals surface area contributed by atoms with Crippen molar-refractivity contribution in [2.75, 3.05) is 38.7 Å². The highest BCUT2D eigenvalue weighted by atomic mass is 32.1. The summed E-state index contributed by atoms with van der Waals surface area (Å²) in [5.41, 5.74) is 1.16. The normalized spacial score (nSPS) is 18.7. The number of hydrogen-bond acceptors (Lipinski definition) is 4. The van der Waals surface area contributed by atoms with Crippen molar-refractivity contribution in [3.05, 3.63) is 46.7 Å². The van der Waals surface area contributed by atoms with Crippen LogP contribution < -0.4 is 20.3 Å². The third-order valence-electron chi connectivity index (χ3n) is 4.78. The average molecular weight is 373 g/mol. The molecule has 3 rings (SSSR count). The zero-order valence-electron chi connectivity index (χ0n) is 15.7. The van der Waals surface area contributed by atoms with Gasteiger partial charge in [0.05, 0.1) is 12.8 Å². The Morgan fingerprint density at radius 3 is 2.92 bits per heavy atom. The summed E-state index contributed by atoms with van der Waals surface area (Å²) in [5, 5.41) is 9.16. The van der Waals surface area contributed by atoms with E-state index in [0.717, 1.165) is 43.5 Å². The molecular weight excluding hydrogens is 344 g/mol. The van der Waals surface area contributed by atoms with E-state index >= 15 is 0 Å². The molecule has 5 nitrogen and oxygen atoms in total. The van der Waals surface area contributed by atoms with Crippen molar-refractivity contribution in [2.45, 2.75) is 25.3 Å². The van der Waals surface area contributed by atoms with Gasteiger partial charge in [-0.15, -0.1) is 11.3 Å². The lowest BCUT2D eigenvalue weighted by atomic mass is 10.1. The SMILES string of the molecule is CN=C(NCC(C)c1cccs1)NC1CCN(c2ccccc2OC)C1. The highest BCUT2D eigenvalue weighted by molar-refractivity contribution is 7.10. The maximum Gasteiger partial charge on any atom is 0.191 e. The van der Waals surface area contributed by atoms with E-state index in [1.165, 1.54) is 4.88 Å². The first kappa shape index (κ1) is 18.6. The Balaban J connectivity index is 1.52. The molecule has 1 saturated heterocycles. The molecule has 0 amide bonds. The number of anilines is 1. The molecule has 1 aromatic carbocycles. The summed E-state index contributed by atoms with van der Waals surface area (Å²) < 4.78 is 5.50. The summed E-state index contributed by atoms with van der Waals surface area (Å²) >= 11 is 1.81. The van der Waals surface area contributed by atoms with Crippen LogP contribution in [0.2, 0.25) is 0 Å². The number of nitrogens with zero attached hydrogens (tertiary/aromatic N) is 2. The number of hydrogen-bond donors (Lipinski definition) is 2. The van der Waals surface area contributed by atoms with Crippen molar-refractivity contribution >= 4 is 23.0 Å². The number of benzene rings is 1. The van der Waals surface area contributed by atoms with E-state index < -0.39 is 0 Å². The van der Waals surface area contributed by atoms with Gasteiger partial charge in [-0.2, -0.15) is 0 Å². The minimum Gasteiger partial charge on any atom is -0.495 e. The van der Waals surface area contributed by atoms with E-state index in [9.17, 15) is 0 Å². The predicted molar refractivity (Wildman–Crippen MR) is 111 cm³/mol. The summed E-state index contributed by atoms with van der Waals surface area (Å²) in [4.78, 5) is 8.16. The Bertz CT molecular complexity index is 716. The molecule has 2 unspecified atom stereocenters. The first-order chi connectivity index (χ1) is 12.7. The second-order valence-corrected chi connectivity index (χ2v) is 7.60. The lowest BCUT2D eigenvalue weighted by molar-refractivity contribution is 0.415. The predicted octanol–water partition coefficient (Wildman–Crippen LogP) is 3.30. The average Bonchev–Trinajstić information content (AvgIpc) is 3.36. The van der Waals surface area contributed by atoms with Crippen molar-refractivity contribution < 1.29 is 4.74 Å². The molecule has 1 fully saturated rings. The van der Waals surface area contributed by atoms with Crippen molar-refractivity contribution in [1.29, 1.82) is 0 Å². The van der Waals surface area contributed by atoms with Crippen LogP contribution in [-0.4, -0.2) is 45.8 Å². The van der Waals surface area contributed by atoms with Crippen LogP contribution in [0.5, 0.6) is 5.75 Å². The quantitative estimate of drug-likeness (QED) is 0.603. The van der Waals surface area contributed by atoms with Gasteiger partial charge in [0.15, 0.2) is 5.96 Å². The van der Waals surface area contributed by atoms with Crippen molar-refractivity contribution in [2.24, 2.45) is 4.99 Å².